The van der Waals surface area contributed by atoms with Crippen LogP contribution in [-0.2, 0) is 22.7 Å². The molecule has 0 aromatic heterocycles. The summed E-state index contributed by atoms with van der Waals surface area (Å²) < 4.78 is 12.6. The maximum atomic E-state index is 12.0. The molecule has 176 valence electrons. The average Bonchev–Trinajstić information content (AvgIpc) is 2.84. The Morgan fingerprint density at radius 1 is 0.912 bits per heavy atom. The van der Waals surface area contributed by atoms with E-state index in [-0.39, 0.29) is 6.54 Å². The number of hydrogen-bond acceptors (Lipinski definition) is 5. The highest BCUT2D eigenvalue weighted by Gasteiger charge is 2.12. The van der Waals surface area contributed by atoms with Crippen molar-refractivity contribution in [1.29, 1.82) is 0 Å². The fourth-order valence-electron chi connectivity index (χ4n) is 2.92. The summed E-state index contributed by atoms with van der Waals surface area (Å²) in [5.74, 6) is -0.445. The van der Waals surface area contributed by atoms with Gasteiger partial charge in [-0.15, -0.1) is 0 Å². The molecule has 2 amide bonds. The summed E-state index contributed by atoms with van der Waals surface area (Å²) in [5, 5.41) is 6.44. The third-order valence-electron chi connectivity index (χ3n) is 4.73. The van der Waals surface area contributed by atoms with Gasteiger partial charge < -0.3 is 14.8 Å². The van der Waals surface area contributed by atoms with Crippen LogP contribution in [0, 0.1) is 6.92 Å². The number of halogens is 1. The molecule has 0 spiro atoms. The van der Waals surface area contributed by atoms with E-state index in [9.17, 15) is 9.59 Å². The molecule has 0 aliphatic heterocycles. The minimum Gasteiger partial charge on any atom is -0.490 e. The fourth-order valence-corrected chi connectivity index (χ4v) is 3.18. The number of rotatable bonds is 9. The smallest absolute Gasteiger partial charge is 0.329 e. The Labute approximate surface area is 207 Å². The molecule has 3 aromatic carbocycles. The predicted molar refractivity (Wildman–Crippen MR) is 135 cm³/mol. The number of hydrazone groups is 1. The van der Waals surface area contributed by atoms with Gasteiger partial charge in [0.05, 0.1) is 12.8 Å². The molecule has 34 heavy (non-hydrogen) atoms. The van der Waals surface area contributed by atoms with Crippen LogP contribution >= 0.6 is 15.9 Å². The fraction of sp³-hybridized carbons (Fsp3) is 0.192. The lowest BCUT2D eigenvalue weighted by Crippen LogP contribution is -2.37. The lowest BCUT2D eigenvalue weighted by molar-refractivity contribution is -0.139. The highest BCUT2D eigenvalue weighted by molar-refractivity contribution is 9.10. The van der Waals surface area contributed by atoms with E-state index in [1.807, 2.05) is 62.4 Å². The largest absolute Gasteiger partial charge is 0.490 e. The maximum Gasteiger partial charge on any atom is 0.329 e. The zero-order chi connectivity index (χ0) is 24.3. The first-order chi connectivity index (χ1) is 16.4. The monoisotopic (exact) mass is 523 g/mol. The van der Waals surface area contributed by atoms with E-state index in [0.717, 1.165) is 21.2 Å². The Balaban J connectivity index is 1.54. The van der Waals surface area contributed by atoms with Crippen LogP contribution in [0.2, 0.25) is 0 Å². The molecule has 0 bridgehead atoms. The Kier molecular flexibility index (Phi) is 9.22. The van der Waals surface area contributed by atoms with Crippen LogP contribution in [0.15, 0.2) is 76.3 Å². The normalized spacial score (nSPS) is 10.7. The molecular weight excluding hydrogens is 498 g/mol. The molecule has 0 aliphatic carbocycles. The Morgan fingerprint density at radius 3 is 2.32 bits per heavy atom. The van der Waals surface area contributed by atoms with Gasteiger partial charge in [0.25, 0.3) is 0 Å². The molecular formula is C26H26BrN3O4. The molecule has 3 rings (SSSR count). The van der Waals surface area contributed by atoms with Crippen molar-refractivity contribution in [3.8, 4) is 11.5 Å². The van der Waals surface area contributed by atoms with Crippen LogP contribution in [-0.4, -0.2) is 24.6 Å². The summed E-state index contributed by atoms with van der Waals surface area (Å²) in [5.41, 5.74) is 5.97. The van der Waals surface area contributed by atoms with E-state index in [1.54, 1.807) is 18.2 Å². The molecule has 2 N–H and O–H groups in total. The zero-order valence-electron chi connectivity index (χ0n) is 19.0. The highest BCUT2D eigenvalue weighted by atomic mass is 79.9. The van der Waals surface area contributed by atoms with Gasteiger partial charge in [0.2, 0.25) is 0 Å². The Morgan fingerprint density at radius 2 is 1.62 bits per heavy atom. The van der Waals surface area contributed by atoms with E-state index in [0.29, 0.717) is 30.3 Å². The first-order valence-electron chi connectivity index (χ1n) is 10.8. The topological polar surface area (TPSA) is 89.0 Å². The quantitative estimate of drug-likeness (QED) is 0.245. The molecule has 0 atom stereocenters. The molecule has 0 saturated heterocycles. The average molecular weight is 524 g/mol. The summed E-state index contributed by atoms with van der Waals surface area (Å²) in [4.78, 5) is 24.0. The summed E-state index contributed by atoms with van der Waals surface area (Å²) in [7, 11) is 0. The van der Waals surface area contributed by atoms with Crippen molar-refractivity contribution in [2.75, 3.05) is 6.61 Å². The van der Waals surface area contributed by atoms with Gasteiger partial charge in [-0.3, -0.25) is 9.59 Å². The third kappa shape index (κ3) is 7.74. The SMILES string of the molecule is CCOc1cc(/C=N\NC(=O)C(=O)NCc2ccc(C)cc2)ccc1OCc1ccc(Br)cc1. The van der Waals surface area contributed by atoms with E-state index >= 15 is 0 Å². The molecule has 3 aromatic rings. The molecule has 0 fully saturated rings. The van der Waals surface area contributed by atoms with E-state index < -0.39 is 11.8 Å². The van der Waals surface area contributed by atoms with E-state index in [4.69, 9.17) is 9.47 Å². The lowest BCUT2D eigenvalue weighted by atomic mass is 10.1. The predicted octanol–water partition coefficient (Wildman–Crippen LogP) is 4.50. The van der Waals surface area contributed by atoms with E-state index in [2.05, 4.69) is 31.8 Å². The van der Waals surface area contributed by atoms with Crippen LogP contribution in [0.4, 0.5) is 0 Å². The van der Waals surface area contributed by atoms with Gasteiger partial charge in [-0.25, -0.2) is 5.43 Å². The van der Waals surface area contributed by atoms with Gasteiger partial charge in [0.15, 0.2) is 11.5 Å². The second-order valence-electron chi connectivity index (χ2n) is 7.42. The van der Waals surface area contributed by atoms with Crippen molar-refractivity contribution >= 4 is 34.0 Å². The molecule has 7 nitrogen and oxygen atoms in total. The van der Waals surface area contributed by atoms with Gasteiger partial charge in [-0.1, -0.05) is 57.9 Å². The van der Waals surface area contributed by atoms with E-state index in [1.165, 1.54) is 6.21 Å². The van der Waals surface area contributed by atoms with Crippen molar-refractivity contribution in [2.24, 2.45) is 5.10 Å². The number of nitrogens with zero attached hydrogens (tertiary/aromatic N) is 1. The highest BCUT2D eigenvalue weighted by Crippen LogP contribution is 2.29. The summed E-state index contributed by atoms with van der Waals surface area (Å²) >= 11 is 3.42. The molecule has 0 unspecified atom stereocenters. The Hall–Kier alpha value is -3.65. The van der Waals surface area contributed by atoms with Crippen molar-refractivity contribution in [3.05, 3.63) is 93.5 Å². The van der Waals surface area contributed by atoms with Crippen LogP contribution in [0.5, 0.6) is 11.5 Å². The molecule has 0 radical (unpaired) electrons. The number of benzene rings is 3. The first-order valence-corrected chi connectivity index (χ1v) is 11.5. The van der Waals surface area contributed by atoms with Gasteiger partial charge in [-0.2, -0.15) is 5.10 Å². The third-order valence-corrected chi connectivity index (χ3v) is 5.26. The minimum atomic E-state index is -0.845. The van der Waals surface area contributed by atoms with Crippen molar-refractivity contribution in [2.45, 2.75) is 27.0 Å². The zero-order valence-corrected chi connectivity index (χ0v) is 20.6. The van der Waals surface area contributed by atoms with Crippen molar-refractivity contribution in [3.63, 3.8) is 0 Å². The maximum absolute atomic E-state index is 12.0. The van der Waals surface area contributed by atoms with Crippen LogP contribution < -0.4 is 20.2 Å². The number of carbonyl (C=O) groups is 2. The van der Waals surface area contributed by atoms with Crippen LogP contribution in [0.1, 0.15) is 29.2 Å². The number of aryl methyl sites for hydroxylation is 1. The summed E-state index contributed by atoms with van der Waals surface area (Å²) in [6, 6.07) is 20.9. The first kappa shape index (κ1) is 25.0. The van der Waals surface area contributed by atoms with Crippen LogP contribution in [0.3, 0.4) is 0 Å². The number of nitrogens with one attached hydrogen (secondary N) is 2. The molecule has 8 heteroatoms. The van der Waals surface area contributed by atoms with Crippen molar-refractivity contribution in [1.82, 2.24) is 10.7 Å². The Bertz CT molecular complexity index is 1150. The molecule has 0 saturated carbocycles. The minimum absolute atomic E-state index is 0.260. The number of hydrogen-bond donors (Lipinski definition) is 2. The van der Waals surface area contributed by atoms with Crippen molar-refractivity contribution < 1.29 is 19.1 Å². The molecule has 0 aliphatic rings. The standard InChI is InChI=1S/C26H26BrN3O4/c1-3-33-24-14-21(10-13-23(24)34-17-20-8-11-22(27)12-9-20)16-29-30-26(32)25(31)28-15-19-6-4-18(2)5-7-19/h4-14,16H,3,15,17H2,1-2H3,(H,28,31)(H,30,32)/b29-16-. The van der Waals surface area contributed by atoms with Gasteiger partial charge >= 0.3 is 11.8 Å². The number of ether oxygens (including phenoxy) is 2. The number of carbonyl (C=O) groups excluding carboxylic acids is 2. The molecule has 0 heterocycles. The summed E-state index contributed by atoms with van der Waals surface area (Å²) in [6.07, 6.45) is 1.44. The van der Waals surface area contributed by atoms with Crippen LogP contribution in [0.25, 0.3) is 0 Å². The second-order valence-corrected chi connectivity index (χ2v) is 8.34. The lowest BCUT2D eigenvalue weighted by Gasteiger charge is -2.12. The van der Waals surface area contributed by atoms with Gasteiger partial charge in [0, 0.05) is 11.0 Å². The van der Waals surface area contributed by atoms with Gasteiger partial charge in [0.1, 0.15) is 6.61 Å². The number of amides is 2. The second kappa shape index (κ2) is 12.6. The summed E-state index contributed by atoms with van der Waals surface area (Å²) in [6.45, 7) is 4.99. The van der Waals surface area contributed by atoms with Gasteiger partial charge in [-0.05, 0) is 60.9 Å².